The summed E-state index contributed by atoms with van der Waals surface area (Å²) in [6.07, 6.45) is 1.33. The zero-order valence-corrected chi connectivity index (χ0v) is 18.2. The number of hydrogen-bond acceptors (Lipinski definition) is 5. The molecule has 0 spiro atoms. The molecule has 2 heterocycles. The van der Waals surface area contributed by atoms with E-state index in [0.29, 0.717) is 17.8 Å². The number of fused-ring (bicyclic) bond motifs is 1. The van der Waals surface area contributed by atoms with Crippen molar-refractivity contribution in [3.63, 3.8) is 0 Å². The van der Waals surface area contributed by atoms with Crippen LogP contribution in [0.1, 0.15) is 39.2 Å². The quantitative estimate of drug-likeness (QED) is 0.436. The van der Waals surface area contributed by atoms with Crippen LogP contribution in [0.3, 0.4) is 0 Å². The van der Waals surface area contributed by atoms with Crippen molar-refractivity contribution in [3.8, 4) is 0 Å². The van der Waals surface area contributed by atoms with Crippen molar-refractivity contribution in [2.75, 3.05) is 10.6 Å². The van der Waals surface area contributed by atoms with Gasteiger partial charge in [0.2, 0.25) is 0 Å². The van der Waals surface area contributed by atoms with Gasteiger partial charge in [-0.1, -0.05) is 24.7 Å². The molecule has 0 aliphatic heterocycles. The first kappa shape index (κ1) is 22.3. The van der Waals surface area contributed by atoms with Gasteiger partial charge in [-0.15, -0.1) is 0 Å². The highest BCUT2D eigenvalue weighted by atomic mass is 32.1. The standard InChI is InChI=1S/C23H18F2N4O3S/c1-2-3-17-12-18(30)29-19(21(31)26-15-8-4-13(24)5-9-15)20(33-23(29)28-17)22(32)27-16-10-6-14(25)7-11-16/h4-12H,2-3H2,1H3,(H,26,31)(H,27,32). The molecule has 10 heteroatoms. The number of halogens is 2. The van der Waals surface area contributed by atoms with Gasteiger partial charge in [-0.3, -0.25) is 14.4 Å². The molecule has 0 unspecified atom stereocenters. The molecule has 0 aliphatic carbocycles. The third-order valence-electron chi connectivity index (χ3n) is 4.70. The Morgan fingerprint density at radius 3 is 2.03 bits per heavy atom. The van der Waals surface area contributed by atoms with Gasteiger partial charge in [-0.05, 0) is 55.0 Å². The van der Waals surface area contributed by atoms with Crippen LogP contribution in [0.15, 0.2) is 59.4 Å². The van der Waals surface area contributed by atoms with E-state index in [2.05, 4.69) is 15.6 Å². The number of anilines is 2. The topological polar surface area (TPSA) is 92.6 Å². The van der Waals surface area contributed by atoms with E-state index in [0.717, 1.165) is 22.2 Å². The fourth-order valence-corrected chi connectivity index (χ4v) is 4.25. The van der Waals surface area contributed by atoms with E-state index in [4.69, 9.17) is 0 Å². The number of nitrogens with zero attached hydrogens (tertiary/aromatic N) is 2. The second kappa shape index (κ2) is 9.29. The van der Waals surface area contributed by atoms with E-state index in [1.54, 1.807) is 0 Å². The lowest BCUT2D eigenvalue weighted by atomic mass is 10.2. The number of aromatic nitrogens is 2. The Balaban J connectivity index is 1.79. The second-order valence-corrected chi connectivity index (χ2v) is 8.13. The van der Waals surface area contributed by atoms with Gasteiger partial charge in [0.25, 0.3) is 17.4 Å². The lowest BCUT2D eigenvalue weighted by Gasteiger charge is -2.08. The highest BCUT2D eigenvalue weighted by Crippen LogP contribution is 2.24. The largest absolute Gasteiger partial charge is 0.321 e. The Morgan fingerprint density at radius 2 is 1.48 bits per heavy atom. The van der Waals surface area contributed by atoms with E-state index >= 15 is 0 Å². The molecule has 0 atom stereocenters. The van der Waals surface area contributed by atoms with Crippen molar-refractivity contribution in [2.45, 2.75) is 19.8 Å². The van der Waals surface area contributed by atoms with Crippen molar-refractivity contribution >= 4 is 39.5 Å². The van der Waals surface area contributed by atoms with Gasteiger partial charge in [0, 0.05) is 23.1 Å². The Morgan fingerprint density at radius 1 is 0.939 bits per heavy atom. The van der Waals surface area contributed by atoms with Crippen LogP contribution in [0, 0.1) is 11.6 Å². The maximum Gasteiger partial charge on any atom is 0.274 e. The number of nitrogens with one attached hydrogen (secondary N) is 2. The monoisotopic (exact) mass is 468 g/mol. The van der Waals surface area contributed by atoms with Crippen LogP contribution in [0.5, 0.6) is 0 Å². The zero-order chi connectivity index (χ0) is 23.5. The molecule has 168 valence electrons. The van der Waals surface area contributed by atoms with Gasteiger partial charge >= 0.3 is 0 Å². The predicted octanol–water partition coefficient (Wildman–Crippen LogP) is 4.49. The Kier molecular flexibility index (Phi) is 6.27. The summed E-state index contributed by atoms with van der Waals surface area (Å²) in [5, 5.41) is 5.19. The average molecular weight is 468 g/mol. The highest BCUT2D eigenvalue weighted by molar-refractivity contribution is 7.19. The number of rotatable bonds is 6. The molecule has 0 aliphatic rings. The van der Waals surface area contributed by atoms with Crippen molar-refractivity contribution < 1.29 is 18.4 Å². The van der Waals surface area contributed by atoms with Gasteiger partial charge in [0.15, 0.2) is 4.96 Å². The van der Waals surface area contributed by atoms with Crippen molar-refractivity contribution in [1.29, 1.82) is 0 Å². The zero-order valence-electron chi connectivity index (χ0n) is 17.4. The summed E-state index contributed by atoms with van der Waals surface area (Å²) in [7, 11) is 0. The van der Waals surface area contributed by atoms with Crippen LogP contribution in [-0.2, 0) is 6.42 Å². The third kappa shape index (κ3) is 4.80. The molecular formula is C23H18F2N4O3S. The summed E-state index contributed by atoms with van der Waals surface area (Å²) in [5.74, 6) is -2.33. The van der Waals surface area contributed by atoms with Gasteiger partial charge in [0.1, 0.15) is 22.2 Å². The van der Waals surface area contributed by atoms with Gasteiger partial charge in [-0.25, -0.2) is 18.2 Å². The predicted molar refractivity (Wildman–Crippen MR) is 122 cm³/mol. The Labute approximate surface area is 190 Å². The molecule has 0 bridgehead atoms. The molecule has 7 nitrogen and oxygen atoms in total. The maximum absolute atomic E-state index is 13.2. The first-order valence-corrected chi connectivity index (χ1v) is 10.9. The SMILES string of the molecule is CCCc1cc(=O)n2c(C(=O)Nc3ccc(F)cc3)c(C(=O)Nc3ccc(F)cc3)sc2n1. The minimum Gasteiger partial charge on any atom is -0.321 e. The lowest BCUT2D eigenvalue weighted by molar-refractivity contribution is 0.0989. The minimum absolute atomic E-state index is 0.0443. The number of aryl methyl sites for hydroxylation is 1. The summed E-state index contributed by atoms with van der Waals surface area (Å²) in [6.45, 7) is 1.95. The molecule has 0 fully saturated rings. The number of amides is 2. The van der Waals surface area contributed by atoms with Crippen LogP contribution < -0.4 is 16.2 Å². The molecule has 4 rings (SSSR count). The first-order chi connectivity index (χ1) is 15.9. The minimum atomic E-state index is -0.732. The number of thiazole rings is 1. The molecule has 4 aromatic rings. The fraction of sp³-hybridized carbons (Fsp3) is 0.130. The van der Waals surface area contributed by atoms with E-state index in [1.165, 1.54) is 54.6 Å². The van der Waals surface area contributed by atoms with Crippen LogP contribution >= 0.6 is 11.3 Å². The second-order valence-electron chi connectivity index (χ2n) is 7.16. The van der Waals surface area contributed by atoms with Crippen molar-refractivity contribution in [2.24, 2.45) is 0 Å². The molecular weight excluding hydrogens is 450 g/mol. The Hall–Kier alpha value is -3.92. The highest BCUT2D eigenvalue weighted by Gasteiger charge is 2.26. The van der Waals surface area contributed by atoms with Crippen molar-refractivity contribution in [3.05, 3.63) is 92.9 Å². The summed E-state index contributed by atoms with van der Waals surface area (Å²) < 4.78 is 27.5. The molecule has 2 amide bonds. The van der Waals surface area contributed by atoms with Crippen LogP contribution in [-0.4, -0.2) is 21.2 Å². The molecule has 0 saturated carbocycles. The van der Waals surface area contributed by atoms with Crippen molar-refractivity contribution in [1.82, 2.24) is 9.38 Å². The number of hydrogen-bond donors (Lipinski definition) is 2. The fourth-order valence-electron chi connectivity index (χ4n) is 3.21. The van der Waals surface area contributed by atoms with E-state index < -0.39 is 29.0 Å². The molecule has 0 saturated heterocycles. The van der Waals surface area contributed by atoms with Gasteiger partial charge in [0.05, 0.1) is 0 Å². The van der Waals surface area contributed by atoms with Crippen LogP contribution in [0.2, 0.25) is 0 Å². The average Bonchev–Trinajstić information content (AvgIpc) is 3.17. The molecule has 2 aromatic carbocycles. The maximum atomic E-state index is 13.2. The van der Waals surface area contributed by atoms with Gasteiger partial charge < -0.3 is 10.6 Å². The molecule has 2 aromatic heterocycles. The smallest absolute Gasteiger partial charge is 0.274 e. The van der Waals surface area contributed by atoms with Gasteiger partial charge in [-0.2, -0.15) is 0 Å². The number of carbonyl (C=O) groups is 2. The molecule has 33 heavy (non-hydrogen) atoms. The molecule has 0 radical (unpaired) electrons. The molecule has 2 N–H and O–H groups in total. The van der Waals surface area contributed by atoms with E-state index in [-0.39, 0.29) is 21.2 Å². The van der Waals surface area contributed by atoms with Crippen LogP contribution in [0.4, 0.5) is 20.2 Å². The first-order valence-electron chi connectivity index (χ1n) is 10.0. The summed E-state index contributed by atoms with van der Waals surface area (Å²) in [4.78, 5) is 43.6. The number of benzene rings is 2. The lowest BCUT2D eigenvalue weighted by Crippen LogP contribution is -2.25. The Bertz CT molecular complexity index is 1400. The summed E-state index contributed by atoms with van der Waals surface area (Å²) in [6, 6.07) is 11.5. The summed E-state index contributed by atoms with van der Waals surface area (Å²) in [5.41, 5.74) is 0.467. The third-order valence-corrected chi connectivity index (χ3v) is 5.74. The van der Waals surface area contributed by atoms with E-state index in [1.807, 2.05) is 6.92 Å². The number of carbonyl (C=O) groups excluding carboxylic acids is 2. The van der Waals surface area contributed by atoms with E-state index in [9.17, 15) is 23.2 Å². The normalized spacial score (nSPS) is 10.9. The van der Waals surface area contributed by atoms with Crippen LogP contribution in [0.25, 0.3) is 4.96 Å². The summed E-state index contributed by atoms with van der Waals surface area (Å²) >= 11 is 0.895.